The fraction of sp³-hybridized carbons (Fsp3) is 1.00. The summed E-state index contributed by atoms with van der Waals surface area (Å²) >= 11 is 0. The molecule has 0 spiro atoms. The zero-order valence-electron chi connectivity index (χ0n) is 9.59. The molecule has 0 aromatic heterocycles. The topological polar surface area (TPSA) is 3.24 Å². The second-order valence-corrected chi connectivity index (χ2v) is 4.09. The molecule has 0 saturated heterocycles. The molecule has 0 amide bonds. The van der Waals surface area contributed by atoms with Gasteiger partial charge in [0.25, 0.3) is 0 Å². The highest BCUT2D eigenvalue weighted by atomic mass is 15.1. The summed E-state index contributed by atoms with van der Waals surface area (Å²) in [6, 6.07) is 0. The molecule has 3 atom stereocenters. The van der Waals surface area contributed by atoms with Gasteiger partial charge in [-0.1, -0.05) is 27.7 Å². The van der Waals surface area contributed by atoms with E-state index in [1.54, 1.807) is 0 Å². The van der Waals surface area contributed by atoms with Crippen molar-refractivity contribution >= 4 is 0 Å². The van der Waals surface area contributed by atoms with Gasteiger partial charge < -0.3 is 4.90 Å². The average Bonchev–Trinajstić information content (AvgIpc) is 2.06. The number of nitrogens with zero attached hydrogens (tertiary/aromatic N) is 1. The molecule has 0 bridgehead atoms. The average molecular weight is 171 g/mol. The van der Waals surface area contributed by atoms with Gasteiger partial charge >= 0.3 is 0 Å². The van der Waals surface area contributed by atoms with Crippen LogP contribution in [0.2, 0.25) is 0 Å². The van der Waals surface area contributed by atoms with Crippen molar-refractivity contribution in [3.63, 3.8) is 0 Å². The van der Waals surface area contributed by atoms with Gasteiger partial charge in [0, 0.05) is 6.54 Å². The van der Waals surface area contributed by atoms with Crippen LogP contribution in [0.15, 0.2) is 0 Å². The first-order chi connectivity index (χ1) is 5.61. The highest BCUT2D eigenvalue weighted by Crippen LogP contribution is 2.39. The van der Waals surface area contributed by atoms with Crippen LogP contribution >= 0.6 is 0 Å². The summed E-state index contributed by atoms with van der Waals surface area (Å²) in [5.74, 6) is 2.91. The van der Waals surface area contributed by atoms with Crippen molar-refractivity contribution in [3.05, 3.63) is 0 Å². The molecule has 1 aliphatic rings. The Labute approximate surface area is 78.1 Å². The van der Waals surface area contributed by atoms with Gasteiger partial charge in [-0.15, -0.1) is 0 Å². The normalized spacial score (nSPS) is 33.8. The minimum atomic E-state index is 0.961. The minimum Gasteiger partial charge on any atom is -0.309 e. The third-order valence-corrected chi connectivity index (χ3v) is 2.92. The molecule has 1 nitrogen and oxygen atoms in total. The van der Waals surface area contributed by atoms with E-state index >= 15 is 0 Å². The molecule has 0 radical (unpaired) electrons. The zero-order chi connectivity index (χ0) is 9.72. The fourth-order valence-corrected chi connectivity index (χ4v) is 1.89. The van der Waals surface area contributed by atoms with Gasteiger partial charge in [-0.2, -0.15) is 0 Å². The quantitative estimate of drug-likeness (QED) is 0.617. The maximum Gasteiger partial charge on any atom is 0.000631 e. The Hall–Kier alpha value is -0.0400. The van der Waals surface area contributed by atoms with E-state index in [4.69, 9.17) is 0 Å². The molecule has 1 fully saturated rings. The van der Waals surface area contributed by atoms with Crippen LogP contribution in [0.3, 0.4) is 0 Å². The van der Waals surface area contributed by atoms with E-state index in [0.717, 1.165) is 17.8 Å². The lowest BCUT2D eigenvalue weighted by Crippen LogP contribution is -2.39. The third kappa shape index (κ3) is 3.14. The Balaban J connectivity index is 0.000000561. The first kappa shape index (κ1) is 12.0. The molecular formula is C11H25N. The molecule has 12 heavy (non-hydrogen) atoms. The fourth-order valence-electron chi connectivity index (χ4n) is 1.89. The zero-order valence-corrected chi connectivity index (χ0v) is 9.59. The SMILES string of the molecule is CC.CC1CC(CN(C)C)C1C. The van der Waals surface area contributed by atoms with Crippen LogP contribution in [0.25, 0.3) is 0 Å². The van der Waals surface area contributed by atoms with Crippen LogP contribution in [0.5, 0.6) is 0 Å². The van der Waals surface area contributed by atoms with Gasteiger partial charge in [-0.3, -0.25) is 0 Å². The van der Waals surface area contributed by atoms with Crippen LogP contribution in [0.1, 0.15) is 34.1 Å². The number of rotatable bonds is 2. The molecular weight excluding hydrogens is 146 g/mol. The molecule has 1 heteroatoms. The standard InChI is InChI=1S/C9H19N.C2H6/c1-7-5-9(8(7)2)6-10(3)4;1-2/h7-9H,5-6H2,1-4H3;1-2H3. The summed E-state index contributed by atoms with van der Waals surface area (Å²) < 4.78 is 0. The lowest BCUT2D eigenvalue weighted by molar-refractivity contribution is 0.0769. The van der Waals surface area contributed by atoms with Crippen molar-refractivity contribution in [1.82, 2.24) is 4.90 Å². The van der Waals surface area contributed by atoms with Gasteiger partial charge in [0.1, 0.15) is 0 Å². The first-order valence-corrected chi connectivity index (χ1v) is 5.26. The molecule has 1 saturated carbocycles. The molecule has 0 N–H and O–H groups in total. The van der Waals surface area contributed by atoms with Gasteiger partial charge in [0.2, 0.25) is 0 Å². The van der Waals surface area contributed by atoms with Crippen molar-refractivity contribution in [1.29, 1.82) is 0 Å². The lowest BCUT2D eigenvalue weighted by atomic mass is 9.66. The summed E-state index contributed by atoms with van der Waals surface area (Å²) in [6.45, 7) is 10.0. The minimum absolute atomic E-state index is 0.961. The summed E-state index contributed by atoms with van der Waals surface area (Å²) in [7, 11) is 4.32. The van der Waals surface area contributed by atoms with Crippen LogP contribution in [-0.4, -0.2) is 25.5 Å². The lowest BCUT2D eigenvalue weighted by Gasteiger charge is -2.42. The molecule has 0 aromatic rings. The van der Waals surface area contributed by atoms with Crippen molar-refractivity contribution in [3.8, 4) is 0 Å². The smallest absolute Gasteiger partial charge is 0.000631 e. The Bertz CT molecular complexity index is 110. The highest BCUT2D eigenvalue weighted by molar-refractivity contribution is 4.84. The van der Waals surface area contributed by atoms with E-state index in [0.29, 0.717) is 0 Å². The summed E-state index contributed by atoms with van der Waals surface area (Å²) in [5.41, 5.74) is 0. The first-order valence-electron chi connectivity index (χ1n) is 5.26. The molecule has 0 heterocycles. The summed E-state index contributed by atoms with van der Waals surface area (Å²) in [5, 5.41) is 0. The summed E-state index contributed by atoms with van der Waals surface area (Å²) in [4.78, 5) is 2.30. The van der Waals surface area contributed by atoms with Crippen molar-refractivity contribution < 1.29 is 0 Å². The van der Waals surface area contributed by atoms with Crippen molar-refractivity contribution in [2.45, 2.75) is 34.1 Å². The molecule has 1 rings (SSSR count). The van der Waals surface area contributed by atoms with Gasteiger partial charge in [0.15, 0.2) is 0 Å². The van der Waals surface area contributed by atoms with Crippen molar-refractivity contribution in [2.75, 3.05) is 20.6 Å². The Morgan fingerprint density at radius 3 is 1.92 bits per heavy atom. The second-order valence-electron chi connectivity index (χ2n) is 4.09. The van der Waals surface area contributed by atoms with Gasteiger partial charge in [-0.25, -0.2) is 0 Å². The number of hydrogen-bond donors (Lipinski definition) is 0. The second kappa shape index (κ2) is 5.58. The monoisotopic (exact) mass is 171 g/mol. The third-order valence-electron chi connectivity index (χ3n) is 2.92. The molecule has 3 unspecified atom stereocenters. The van der Waals surface area contributed by atoms with Crippen LogP contribution in [0, 0.1) is 17.8 Å². The van der Waals surface area contributed by atoms with E-state index in [-0.39, 0.29) is 0 Å². The van der Waals surface area contributed by atoms with E-state index < -0.39 is 0 Å². The van der Waals surface area contributed by atoms with Crippen molar-refractivity contribution in [2.24, 2.45) is 17.8 Å². The Morgan fingerprint density at radius 2 is 1.67 bits per heavy atom. The van der Waals surface area contributed by atoms with Crippen LogP contribution in [0.4, 0.5) is 0 Å². The largest absolute Gasteiger partial charge is 0.309 e. The van der Waals surface area contributed by atoms with E-state index in [2.05, 4.69) is 32.8 Å². The maximum absolute atomic E-state index is 2.38. The summed E-state index contributed by atoms with van der Waals surface area (Å²) in [6.07, 6.45) is 1.44. The maximum atomic E-state index is 2.38. The van der Waals surface area contributed by atoms with Gasteiger partial charge in [0.05, 0.1) is 0 Å². The van der Waals surface area contributed by atoms with E-state index in [9.17, 15) is 0 Å². The highest BCUT2D eigenvalue weighted by Gasteiger charge is 2.33. The Morgan fingerprint density at radius 1 is 1.17 bits per heavy atom. The van der Waals surface area contributed by atoms with E-state index in [1.807, 2.05) is 13.8 Å². The molecule has 1 aliphatic carbocycles. The van der Waals surface area contributed by atoms with Gasteiger partial charge in [-0.05, 0) is 38.3 Å². The molecule has 0 aliphatic heterocycles. The predicted molar refractivity (Wildman–Crippen MR) is 56.3 cm³/mol. The molecule has 74 valence electrons. The predicted octanol–water partition coefficient (Wildman–Crippen LogP) is 2.87. The van der Waals surface area contributed by atoms with Crippen LogP contribution < -0.4 is 0 Å². The van der Waals surface area contributed by atoms with E-state index in [1.165, 1.54) is 13.0 Å². The van der Waals surface area contributed by atoms with Crippen LogP contribution in [-0.2, 0) is 0 Å². The number of hydrogen-bond acceptors (Lipinski definition) is 1. The Kier molecular flexibility index (Phi) is 5.56. The molecule has 0 aromatic carbocycles.